The summed E-state index contributed by atoms with van der Waals surface area (Å²) < 4.78 is 0. The Bertz CT molecular complexity index is 407. The largest absolute Gasteiger partial charge is 0.481 e. The van der Waals surface area contributed by atoms with Gasteiger partial charge in [-0.2, -0.15) is 0 Å². The summed E-state index contributed by atoms with van der Waals surface area (Å²) >= 11 is 0. The predicted molar refractivity (Wildman–Crippen MR) is 75.8 cm³/mol. The molecule has 0 aromatic rings. The molecule has 2 rings (SSSR count). The highest BCUT2D eigenvalue weighted by molar-refractivity contribution is 5.79. The molecule has 2 aliphatic rings. The number of hydrogen-bond donors (Lipinski definition) is 2. The van der Waals surface area contributed by atoms with Gasteiger partial charge in [-0.15, -0.1) is 0 Å². The van der Waals surface area contributed by atoms with E-state index in [0.29, 0.717) is 19.5 Å². The van der Waals surface area contributed by atoms with E-state index in [0.717, 1.165) is 38.8 Å². The minimum atomic E-state index is -0.885. The molecule has 7 heteroatoms. The van der Waals surface area contributed by atoms with Crippen LogP contribution in [0.1, 0.15) is 38.5 Å². The van der Waals surface area contributed by atoms with Crippen LogP contribution < -0.4 is 5.32 Å². The molecule has 1 atom stereocenters. The highest BCUT2D eigenvalue weighted by Crippen LogP contribution is 2.20. The lowest BCUT2D eigenvalue weighted by molar-refractivity contribution is -0.138. The summed E-state index contributed by atoms with van der Waals surface area (Å²) in [5, 5.41) is 11.6. The van der Waals surface area contributed by atoms with Crippen molar-refractivity contribution >= 4 is 17.9 Å². The topological polar surface area (TPSA) is 90.0 Å². The summed E-state index contributed by atoms with van der Waals surface area (Å²) in [6.07, 6.45) is 3.97. The first kappa shape index (κ1) is 15.6. The summed E-state index contributed by atoms with van der Waals surface area (Å²) in [6.45, 7) is 2.54. The lowest BCUT2D eigenvalue weighted by Gasteiger charge is -2.24. The van der Waals surface area contributed by atoms with Crippen LogP contribution >= 0.6 is 0 Å². The van der Waals surface area contributed by atoms with Crippen LogP contribution in [-0.4, -0.2) is 65.0 Å². The number of hydrogen-bond acceptors (Lipinski definition) is 3. The Balaban J connectivity index is 1.71. The van der Waals surface area contributed by atoms with E-state index >= 15 is 0 Å². The van der Waals surface area contributed by atoms with Gasteiger partial charge in [-0.1, -0.05) is 0 Å². The van der Waals surface area contributed by atoms with Crippen molar-refractivity contribution in [3.63, 3.8) is 0 Å². The maximum absolute atomic E-state index is 12.0. The molecule has 2 fully saturated rings. The molecule has 1 unspecified atom stereocenters. The van der Waals surface area contributed by atoms with Gasteiger partial charge in [0.25, 0.3) is 0 Å². The fourth-order valence-corrected chi connectivity index (χ4v) is 3.02. The Morgan fingerprint density at radius 3 is 2.48 bits per heavy atom. The molecule has 118 valence electrons. The van der Waals surface area contributed by atoms with Crippen LogP contribution in [0.4, 0.5) is 4.79 Å². The van der Waals surface area contributed by atoms with Crippen LogP contribution in [-0.2, 0) is 9.59 Å². The number of rotatable bonds is 5. The Kier molecular flexibility index (Phi) is 5.41. The van der Waals surface area contributed by atoms with Gasteiger partial charge in [0.2, 0.25) is 5.91 Å². The first-order valence-corrected chi connectivity index (χ1v) is 7.62. The Labute approximate surface area is 124 Å². The van der Waals surface area contributed by atoms with E-state index in [1.54, 1.807) is 4.90 Å². The van der Waals surface area contributed by atoms with E-state index in [1.165, 1.54) is 0 Å². The maximum Gasteiger partial charge on any atom is 0.317 e. The molecule has 2 aliphatic heterocycles. The quantitative estimate of drug-likeness (QED) is 0.779. The number of nitrogens with one attached hydrogen (secondary N) is 1. The molecular weight excluding hydrogens is 274 g/mol. The van der Waals surface area contributed by atoms with Gasteiger partial charge in [0.1, 0.15) is 0 Å². The van der Waals surface area contributed by atoms with Gasteiger partial charge in [-0.25, -0.2) is 4.79 Å². The van der Waals surface area contributed by atoms with E-state index < -0.39 is 5.97 Å². The first-order chi connectivity index (χ1) is 10.1. The van der Waals surface area contributed by atoms with Crippen molar-refractivity contribution in [3.8, 4) is 0 Å². The van der Waals surface area contributed by atoms with Crippen molar-refractivity contribution in [1.82, 2.24) is 15.1 Å². The van der Waals surface area contributed by atoms with E-state index in [2.05, 4.69) is 5.32 Å². The molecule has 7 nitrogen and oxygen atoms in total. The third kappa shape index (κ3) is 4.34. The van der Waals surface area contributed by atoms with Gasteiger partial charge in [0.15, 0.2) is 0 Å². The van der Waals surface area contributed by atoms with E-state index in [-0.39, 0.29) is 24.4 Å². The molecule has 0 bridgehead atoms. The molecule has 3 amide bonds. The molecule has 2 saturated heterocycles. The number of amides is 3. The predicted octanol–water partition coefficient (Wildman–Crippen LogP) is 0.648. The van der Waals surface area contributed by atoms with Crippen molar-refractivity contribution in [2.24, 2.45) is 0 Å². The zero-order valence-corrected chi connectivity index (χ0v) is 12.2. The van der Waals surface area contributed by atoms with Crippen molar-refractivity contribution in [1.29, 1.82) is 0 Å². The van der Waals surface area contributed by atoms with Crippen molar-refractivity contribution in [2.45, 2.75) is 44.6 Å². The van der Waals surface area contributed by atoms with Crippen molar-refractivity contribution in [2.75, 3.05) is 26.2 Å². The van der Waals surface area contributed by atoms with Gasteiger partial charge in [0.05, 0.1) is 6.42 Å². The standard InChI is InChI=1S/C14H23N3O4/c18-12(16-7-1-2-8-16)5-6-15-14(21)17-9-3-4-11(17)10-13(19)20/h11H,1-10H2,(H,15,21)(H,19,20). The molecule has 0 saturated carbocycles. The third-order valence-electron chi connectivity index (χ3n) is 4.12. The van der Waals surface area contributed by atoms with Gasteiger partial charge in [-0.05, 0) is 25.7 Å². The number of carboxylic acid groups (broad SMARTS) is 1. The Morgan fingerprint density at radius 1 is 1.10 bits per heavy atom. The first-order valence-electron chi connectivity index (χ1n) is 7.62. The third-order valence-corrected chi connectivity index (χ3v) is 4.12. The molecule has 2 N–H and O–H groups in total. The molecule has 0 aliphatic carbocycles. The fraction of sp³-hybridized carbons (Fsp3) is 0.786. The second-order valence-electron chi connectivity index (χ2n) is 5.66. The lowest BCUT2D eigenvalue weighted by Crippen LogP contribution is -2.44. The number of aliphatic carboxylic acids is 1. The number of carbonyl (C=O) groups is 3. The summed E-state index contributed by atoms with van der Waals surface area (Å²) in [7, 11) is 0. The van der Waals surface area contributed by atoms with Gasteiger partial charge in [-0.3, -0.25) is 9.59 Å². The average Bonchev–Trinajstić information content (AvgIpc) is 3.08. The highest BCUT2D eigenvalue weighted by atomic mass is 16.4. The molecule has 21 heavy (non-hydrogen) atoms. The van der Waals surface area contributed by atoms with Crippen LogP contribution in [0.5, 0.6) is 0 Å². The monoisotopic (exact) mass is 297 g/mol. The summed E-state index contributed by atoms with van der Waals surface area (Å²) in [4.78, 5) is 38.0. The number of nitrogens with zero attached hydrogens (tertiary/aromatic N) is 2. The van der Waals surface area contributed by atoms with Crippen LogP contribution in [0.2, 0.25) is 0 Å². The Hall–Kier alpha value is -1.79. The van der Waals surface area contributed by atoms with Crippen LogP contribution in [0.15, 0.2) is 0 Å². The van der Waals surface area contributed by atoms with E-state index in [9.17, 15) is 14.4 Å². The van der Waals surface area contributed by atoms with E-state index in [1.807, 2.05) is 4.90 Å². The maximum atomic E-state index is 12.0. The van der Waals surface area contributed by atoms with Crippen molar-refractivity contribution < 1.29 is 19.5 Å². The second-order valence-corrected chi connectivity index (χ2v) is 5.66. The summed E-state index contributed by atoms with van der Waals surface area (Å²) in [5.41, 5.74) is 0. The Morgan fingerprint density at radius 2 is 1.81 bits per heavy atom. The number of urea groups is 1. The summed E-state index contributed by atoms with van der Waals surface area (Å²) in [5.74, 6) is -0.805. The van der Waals surface area contributed by atoms with Crippen molar-refractivity contribution in [3.05, 3.63) is 0 Å². The minimum Gasteiger partial charge on any atom is -0.481 e. The average molecular weight is 297 g/mol. The molecule has 2 heterocycles. The molecule has 0 spiro atoms. The van der Waals surface area contributed by atoms with Gasteiger partial charge in [0, 0.05) is 38.6 Å². The van der Waals surface area contributed by atoms with Gasteiger partial charge >= 0.3 is 12.0 Å². The minimum absolute atomic E-state index is 0.0138. The van der Waals surface area contributed by atoms with E-state index in [4.69, 9.17) is 5.11 Å². The number of carboxylic acids is 1. The van der Waals surface area contributed by atoms with Crippen LogP contribution in [0, 0.1) is 0 Å². The second kappa shape index (κ2) is 7.28. The molecule has 0 radical (unpaired) electrons. The SMILES string of the molecule is O=C(O)CC1CCCN1C(=O)NCCC(=O)N1CCCC1. The number of carbonyl (C=O) groups excluding carboxylic acids is 2. The zero-order valence-electron chi connectivity index (χ0n) is 12.2. The smallest absolute Gasteiger partial charge is 0.317 e. The molecule has 0 aromatic heterocycles. The molecule has 0 aromatic carbocycles. The highest BCUT2D eigenvalue weighted by Gasteiger charge is 2.30. The number of likely N-dealkylation sites (tertiary alicyclic amines) is 2. The molecular formula is C14H23N3O4. The fourth-order valence-electron chi connectivity index (χ4n) is 3.02. The zero-order chi connectivity index (χ0) is 15.2. The normalized spacial score (nSPS) is 21.6. The van der Waals surface area contributed by atoms with Gasteiger partial charge < -0.3 is 20.2 Å². The van der Waals surface area contributed by atoms with Crippen LogP contribution in [0.25, 0.3) is 0 Å². The van der Waals surface area contributed by atoms with Crippen LogP contribution in [0.3, 0.4) is 0 Å². The lowest BCUT2D eigenvalue weighted by atomic mass is 10.1. The summed E-state index contributed by atoms with van der Waals surface area (Å²) in [6, 6.07) is -0.482.